The Hall–Kier alpha value is -6.91. The van der Waals surface area contributed by atoms with Crippen LogP contribution in [0, 0.1) is 5.92 Å². The minimum absolute atomic E-state index is 0.0323. The summed E-state index contributed by atoms with van der Waals surface area (Å²) in [6.07, 6.45) is 0.666. The monoisotopic (exact) mass is 885 g/mol. The number of azo groups is 1. The van der Waals surface area contributed by atoms with Crippen LogP contribution in [0.1, 0.15) is 28.8 Å². The number of amides is 2. The van der Waals surface area contributed by atoms with Gasteiger partial charge in [-0.25, -0.2) is 17.7 Å². The van der Waals surface area contributed by atoms with Crippen molar-refractivity contribution < 1.29 is 32.3 Å². The normalized spacial score (nSPS) is 13.4. The topological polar surface area (TPSA) is 180 Å². The highest BCUT2D eigenvalue weighted by molar-refractivity contribution is 7.89. The number of piperidine rings is 1. The number of hydrogen-bond donors (Lipinski definition) is 3. The molecule has 0 radical (unpaired) electrons. The third kappa shape index (κ3) is 10.3. The Morgan fingerprint density at radius 1 is 0.781 bits per heavy atom. The van der Waals surface area contributed by atoms with Gasteiger partial charge in [-0.15, -0.1) is 0 Å². The van der Waals surface area contributed by atoms with Gasteiger partial charge in [-0.2, -0.15) is 10.2 Å². The number of benzene rings is 5. The summed E-state index contributed by atoms with van der Waals surface area (Å²) in [5.41, 5.74) is 6.91. The Morgan fingerprint density at radius 2 is 1.42 bits per heavy atom. The van der Waals surface area contributed by atoms with Gasteiger partial charge >= 0.3 is 5.97 Å². The van der Waals surface area contributed by atoms with Gasteiger partial charge < -0.3 is 29.5 Å². The van der Waals surface area contributed by atoms with E-state index in [4.69, 9.17) is 4.42 Å². The quantitative estimate of drug-likeness (QED) is 0.0486. The number of hydrogen-bond acceptors (Lipinski definition) is 10. The summed E-state index contributed by atoms with van der Waals surface area (Å²) in [6.45, 7) is 0.588. The van der Waals surface area contributed by atoms with E-state index in [0.29, 0.717) is 65.3 Å². The first-order valence-corrected chi connectivity index (χ1v) is 22.5. The second-order valence-electron chi connectivity index (χ2n) is 16.4. The summed E-state index contributed by atoms with van der Waals surface area (Å²) < 4.78 is 37.3. The van der Waals surface area contributed by atoms with Crippen molar-refractivity contribution in [2.75, 3.05) is 78.3 Å². The van der Waals surface area contributed by atoms with Crippen LogP contribution < -0.4 is 29.8 Å². The molecule has 2 heterocycles. The highest BCUT2D eigenvalue weighted by Crippen LogP contribution is 2.43. The largest absolute Gasteiger partial charge is 0.481 e. The van der Waals surface area contributed by atoms with Gasteiger partial charge in [0.1, 0.15) is 25.4 Å². The Bertz CT molecular complexity index is 2880. The number of aliphatic carboxylic acids is 1. The molecule has 15 nitrogen and oxygen atoms in total. The maximum atomic E-state index is 14.4. The molecule has 0 bridgehead atoms. The fraction of sp³-hybridized carbons (Fsp3) is 0.292. The first-order valence-electron chi connectivity index (χ1n) is 21.0. The minimum atomic E-state index is -3.89. The summed E-state index contributed by atoms with van der Waals surface area (Å²) in [5.74, 6) is -1.33. The molecule has 64 heavy (non-hydrogen) atoms. The number of nitrogens with zero attached hydrogens (tertiary/aromatic N) is 6. The summed E-state index contributed by atoms with van der Waals surface area (Å²) in [7, 11) is 7.80. The summed E-state index contributed by atoms with van der Waals surface area (Å²) in [5, 5.41) is 22.6. The van der Waals surface area contributed by atoms with E-state index in [1.807, 2.05) is 123 Å². The maximum absolute atomic E-state index is 14.4. The van der Waals surface area contributed by atoms with Gasteiger partial charge in [0.2, 0.25) is 21.3 Å². The van der Waals surface area contributed by atoms with Gasteiger partial charge in [-0.1, -0.05) is 6.07 Å². The molecule has 0 aromatic heterocycles. The van der Waals surface area contributed by atoms with Gasteiger partial charge in [-0.05, 0) is 103 Å². The van der Waals surface area contributed by atoms with E-state index < -0.39 is 21.9 Å². The van der Waals surface area contributed by atoms with Crippen LogP contribution in [0.5, 0.6) is 0 Å². The van der Waals surface area contributed by atoms with Crippen LogP contribution in [0.15, 0.2) is 123 Å². The molecular weight excluding hydrogens is 833 g/mol. The lowest BCUT2D eigenvalue weighted by Gasteiger charge is -2.31. The zero-order valence-corrected chi connectivity index (χ0v) is 37.6. The number of carboxylic acid groups (broad SMARTS) is 1. The van der Waals surface area contributed by atoms with Crippen molar-refractivity contribution >= 4 is 61.5 Å². The van der Waals surface area contributed by atoms with Gasteiger partial charge in [0.25, 0.3) is 5.91 Å². The molecule has 0 atom stereocenters. The first-order chi connectivity index (χ1) is 30.6. The number of carbonyl (C=O) groups excluding carboxylic acids is 2. The predicted octanol–water partition coefficient (Wildman–Crippen LogP) is 6.36. The molecule has 4 aromatic carbocycles. The molecule has 2 aliphatic heterocycles. The molecule has 7 rings (SSSR count). The van der Waals surface area contributed by atoms with Crippen molar-refractivity contribution in [3.8, 4) is 22.5 Å². The van der Waals surface area contributed by atoms with E-state index in [9.17, 15) is 27.9 Å². The molecule has 0 spiro atoms. The second kappa shape index (κ2) is 19.2. The van der Waals surface area contributed by atoms with Crippen molar-refractivity contribution in [3.63, 3.8) is 0 Å². The van der Waals surface area contributed by atoms with Crippen LogP contribution in [-0.4, -0.2) is 105 Å². The number of carbonyl (C=O) groups is 3. The second-order valence-corrected chi connectivity index (χ2v) is 18.2. The Balaban J connectivity index is 1.10. The average molecular weight is 886 g/mol. The number of fused-ring (bicyclic) bond motifs is 2. The zero-order valence-electron chi connectivity index (χ0n) is 36.8. The summed E-state index contributed by atoms with van der Waals surface area (Å²) in [4.78, 5) is 45.3. The third-order valence-electron chi connectivity index (χ3n) is 11.3. The van der Waals surface area contributed by atoms with E-state index in [1.165, 1.54) is 12.1 Å². The van der Waals surface area contributed by atoms with Gasteiger partial charge in [0.05, 0.1) is 34.7 Å². The number of anilines is 2. The third-order valence-corrected chi connectivity index (χ3v) is 12.8. The molecule has 0 saturated carbocycles. The van der Waals surface area contributed by atoms with Gasteiger partial charge in [-0.3, -0.25) is 14.4 Å². The fourth-order valence-corrected chi connectivity index (χ4v) is 8.68. The van der Waals surface area contributed by atoms with Crippen molar-refractivity contribution in [1.29, 1.82) is 0 Å². The number of rotatable bonds is 14. The molecule has 1 fully saturated rings. The predicted molar refractivity (Wildman–Crippen MR) is 249 cm³/mol. The van der Waals surface area contributed by atoms with Crippen LogP contribution in [0.2, 0.25) is 0 Å². The lowest BCUT2D eigenvalue weighted by molar-refractivity contribution is -0.143. The highest BCUT2D eigenvalue weighted by Gasteiger charge is 2.30. The van der Waals surface area contributed by atoms with E-state index in [-0.39, 0.29) is 36.2 Å². The lowest BCUT2D eigenvalue weighted by atomic mass is 9.88. The first kappa shape index (κ1) is 45.1. The van der Waals surface area contributed by atoms with E-state index in [0.717, 1.165) is 33.2 Å². The zero-order chi connectivity index (χ0) is 45.7. The average Bonchev–Trinajstić information content (AvgIpc) is 3.28. The van der Waals surface area contributed by atoms with Crippen LogP contribution in [0.25, 0.3) is 33.4 Å². The molecule has 332 valence electrons. The summed E-state index contributed by atoms with van der Waals surface area (Å²) >= 11 is 0. The number of likely N-dealkylation sites (tertiary alicyclic amines) is 1. The van der Waals surface area contributed by atoms with Crippen molar-refractivity contribution in [3.05, 3.63) is 120 Å². The Labute approximate surface area is 372 Å². The lowest BCUT2D eigenvalue weighted by Crippen LogP contribution is -2.40. The minimum Gasteiger partial charge on any atom is -0.481 e. The number of nitrogens with one attached hydrogen (secondary N) is 2. The summed E-state index contributed by atoms with van der Waals surface area (Å²) in [6, 6.07) is 30.8. The van der Waals surface area contributed by atoms with Gasteiger partial charge in [0, 0.05) is 100.0 Å². The van der Waals surface area contributed by atoms with Crippen LogP contribution in [0.4, 0.5) is 22.7 Å². The van der Waals surface area contributed by atoms with E-state index in [1.54, 1.807) is 29.2 Å². The smallest absolute Gasteiger partial charge is 0.306 e. The molecule has 3 aliphatic rings. The van der Waals surface area contributed by atoms with Crippen molar-refractivity contribution in [2.45, 2.75) is 24.2 Å². The maximum Gasteiger partial charge on any atom is 0.306 e. The molecule has 16 heteroatoms. The van der Waals surface area contributed by atoms with Crippen molar-refractivity contribution in [2.24, 2.45) is 16.1 Å². The van der Waals surface area contributed by atoms with Crippen LogP contribution in [0.3, 0.4) is 0 Å². The van der Waals surface area contributed by atoms with E-state index in [2.05, 4.69) is 20.3 Å². The number of sulfonamides is 1. The highest BCUT2D eigenvalue weighted by atomic mass is 32.2. The molecule has 1 aliphatic carbocycles. The Kier molecular flexibility index (Phi) is 13.6. The molecule has 4 aromatic rings. The van der Waals surface area contributed by atoms with Crippen LogP contribution >= 0.6 is 0 Å². The molecular formula is C48H53N8O7S+. The van der Waals surface area contributed by atoms with Crippen molar-refractivity contribution in [1.82, 2.24) is 19.5 Å². The number of carboxylic acids is 1. The SMILES string of the molecule is CN(C)c1ccc(N=Nc2ccc(S(=O)(=O)NCCNC(=O)Cc3ccc(C(=O)N4CCC(C(=O)O)CC4)c(-c4c5ccc(=[N+](C)C)cc-5oc5cc(N(C)C)ccc45)c3)cc2)cc1. The Morgan fingerprint density at radius 3 is 2.05 bits per heavy atom. The van der Waals surface area contributed by atoms with Crippen LogP contribution in [-0.2, 0) is 26.0 Å². The standard InChI is InChI=1S/C48H52N8O7S/c1-53(2)35-12-8-33(9-13-35)51-52-34-10-16-38(17-11-34)64(61,62)50-24-23-49-45(57)28-31-7-18-39(47(58)56-25-21-32(22-26-56)48(59)60)42(27-31)46-40-19-14-36(54(3)4)29-43(40)63-44-30-37(55(5)6)15-20-41(44)46/h7-20,27,29-30,32,50H,21-26,28H2,1-6H3,(H-,49,57,59,60)/p+1. The molecule has 1 saturated heterocycles. The molecule has 2 amide bonds. The van der Waals surface area contributed by atoms with E-state index >= 15 is 0 Å². The fourth-order valence-electron chi connectivity index (χ4n) is 7.65. The molecule has 0 unspecified atom stereocenters. The van der Waals surface area contributed by atoms with Gasteiger partial charge in [0.15, 0.2) is 0 Å². The molecule has 3 N–H and O–H groups in total.